The van der Waals surface area contributed by atoms with Crippen molar-refractivity contribution in [3.05, 3.63) is 46.6 Å². The van der Waals surface area contributed by atoms with Gasteiger partial charge in [-0.3, -0.25) is 4.98 Å². The van der Waals surface area contributed by atoms with Gasteiger partial charge in [-0.25, -0.2) is 13.2 Å². The molecule has 0 saturated carbocycles. The van der Waals surface area contributed by atoms with Gasteiger partial charge in [0, 0.05) is 25.5 Å². The maximum atomic E-state index is 12.5. The van der Waals surface area contributed by atoms with Gasteiger partial charge in [0.15, 0.2) is 0 Å². The maximum absolute atomic E-state index is 12.5. The van der Waals surface area contributed by atoms with E-state index in [2.05, 4.69) is 4.98 Å². The van der Waals surface area contributed by atoms with Gasteiger partial charge < -0.3 is 5.11 Å². The van der Waals surface area contributed by atoms with Crippen molar-refractivity contribution < 1.29 is 18.3 Å². The predicted molar refractivity (Wildman–Crippen MR) is 76.8 cm³/mol. The molecule has 0 fully saturated rings. The lowest BCUT2D eigenvalue weighted by atomic mass is 9.98. The average molecular weight is 324 g/mol. The fourth-order valence-corrected chi connectivity index (χ4v) is 4.96. The normalized spacial score (nSPS) is 15.6. The summed E-state index contributed by atoms with van der Waals surface area (Å²) < 4.78 is 26.6. The number of aromatic nitrogens is 1. The number of fused-ring (bicyclic) bond motifs is 1. The molecular formula is C13H12N2O4S2. The summed E-state index contributed by atoms with van der Waals surface area (Å²) in [6, 6.07) is 3.26. The fraction of sp³-hybridized carbons (Fsp3) is 0.231. The minimum Gasteiger partial charge on any atom is -0.478 e. The van der Waals surface area contributed by atoms with Gasteiger partial charge in [0.1, 0.15) is 4.21 Å². The smallest absolute Gasteiger partial charge is 0.337 e. The third-order valence-electron chi connectivity index (χ3n) is 3.42. The number of carbonyl (C=O) groups is 1. The molecule has 2 aromatic heterocycles. The molecule has 1 aliphatic heterocycles. The van der Waals surface area contributed by atoms with Crippen molar-refractivity contribution in [2.75, 3.05) is 6.54 Å². The van der Waals surface area contributed by atoms with E-state index in [4.69, 9.17) is 5.11 Å². The second kappa shape index (κ2) is 5.21. The van der Waals surface area contributed by atoms with Crippen LogP contribution in [-0.4, -0.2) is 35.3 Å². The Labute approximate surface area is 125 Å². The largest absolute Gasteiger partial charge is 0.478 e. The minimum absolute atomic E-state index is 0.153. The molecule has 8 heteroatoms. The topological polar surface area (TPSA) is 87.6 Å². The maximum Gasteiger partial charge on any atom is 0.337 e. The molecule has 1 aliphatic rings. The molecule has 0 radical (unpaired) electrons. The lowest BCUT2D eigenvalue weighted by molar-refractivity contribution is 0.0694. The van der Waals surface area contributed by atoms with Gasteiger partial charge in [-0.1, -0.05) is 6.07 Å². The number of thiophene rings is 1. The first kappa shape index (κ1) is 14.2. The van der Waals surface area contributed by atoms with Gasteiger partial charge in [-0.05, 0) is 29.0 Å². The number of sulfonamides is 1. The highest BCUT2D eigenvalue weighted by molar-refractivity contribution is 7.91. The summed E-state index contributed by atoms with van der Waals surface area (Å²) in [7, 11) is -3.52. The molecule has 0 atom stereocenters. The number of aromatic carboxylic acids is 1. The minimum atomic E-state index is -3.52. The standard InChI is InChI=1S/C13H12N2O4S2/c16-13(17)11-7-14-6-9-8-15(4-3-10(9)11)21(18,19)12-2-1-5-20-12/h1-2,5-7H,3-4,8H2,(H,16,17). The molecule has 6 nitrogen and oxygen atoms in total. The van der Waals surface area contributed by atoms with Crippen LogP contribution in [0.1, 0.15) is 21.5 Å². The quantitative estimate of drug-likeness (QED) is 0.926. The van der Waals surface area contributed by atoms with Crippen molar-refractivity contribution in [1.29, 1.82) is 0 Å². The summed E-state index contributed by atoms with van der Waals surface area (Å²) in [6.45, 7) is 0.432. The molecule has 0 unspecified atom stereocenters. The summed E-state index contributed by atoms with van der Waals surface area (Å²) >= 11 is 1.17. The van der Waals surface area contributed by atoms with E-state index >= 15 is 0 Å². The van der Waals surface area contributed by atoms with Gasteiger partial charge in [0.2, 0.25) is 0 Å². The van der Waals surface area contributed by atoms with E-state index in [0.717, 1.165) is 0 Å². The van der Waals surface area contributed by atoms with Gasteiger partial charge in [0.25, 0.3) is 10.0 Å². The molecule has 0 bridgehead atoms. The van der Waals surface area contributed by atoms with Crippen LogP contribution in [-0.2, 0) is 23.0 Å². The van der Waals surface area contributed by atoms with E-state index in [-0.39, 0.29) is 18.7 Å². The lowest BCUT2D eigenvalue weighted by Crippen LogP contribution is -2.36. The van der Waals surface area contributed by atoms with Crippen molar-refractivity contribution >= 4 is 27.3 Å². The van der Waals surface area contributed by atoms with E-state index in [0.29, 0.717) is 21.8 Å². The zero-order valence-electron chi connectivity index (χ0n) is 10.9. The lowest BCUT2D eigenvalue weighted by Gasteiger charge is -2.28. The van der Waals surface area contributed by atoms with Crippen LogP contribution >= 0.6 is 11.3 Å². The predicted octanol–water partition coefficient (Wildman–Crippen LogP) is 1.59. The molecular weight excluding hydrogens is 312 g/mol. The fourth-order valence-electron chi connectivity index (χ4n) is 2.39. The summed E-state index contributed by atoms with van der Waals surface area (Å²) in [4.78, 5) is 15.1. The van der Waals surface area contributed by atoms with Gasteiger partial charge in [-0.2, -0.15) is 4.31 Å². The number of pyridine rings is 1. The molecule has 21 heavy (non-hydrogen) atoms. The van der Waals surface area contributed by atoms with Crippen LogP contribution in [0.3, 0.4) is 0 Å². The molecule has 2 aromatic rings. The number of rotatable bonds is 3. The van der Waals surface area contributed by atoms with Gasteiger partial charge in [0.05, 0.1) is 5.56 Å². The Balaban J connectivity index is 1.96. The zero-order chi connectivity index (χ0) is 15.0. The van der Waals surface area contributed by atoms with E-state index in [1.807, 2.05) is 0 Å². The first-order chi connectivity index (χ1) is 10.00. The average Bonchev–Trinajstić information content (AvgIpc) is 3.00. The van der Waals surface area contributed by atoms with Crippen LogP contribution in [0, 0.1) is 0 Å². The highest BCUT2D eigenvalue weighted by Crippen LogP contribution is 2.28. The van der Waals surface area contributed by atoms with Crippen LogP contribution in [0.5, 0.6) is 0 Å². The monoisotopic (exact) mass is 324 g/mol. The van der Waals surface area contributed by atoms with Crippen molar-refractivity contribution in [3.8, 4) is 0 Å². The second-order valence-electron chi connectivity index (χ2n) is 4.65. The number of carboxylic acids is 1. The van der Waals surface area contributed by atoms with Crippen molar-refractivity contribution in [2.45, 2.75) is 17.2 Å². The third-order valence-corrected chi connectivity index (χ3v) is 6.64. The number of carboxylic acid groups (broad SMARTS) is 1. The summed E-state index contributed by atoms with van der Waals surface area (Å²) in [5.41, 5.74) is 1.48. The Morgan fingerprint density at radius 1 is 1.38 bits per heavy atom. The van der Waals surface area contributed by atoms with E-state index < -0.39 is 16.0 Å². The molecule has 3 heterocycles. The molecule has 3 rings (SSSR count). The summed E-state index contributed by atoms with van der Waals surface area (Å²) in [6.07, 6.45) is 3.23. The molecule has 0 amide bonds. The van der Waals surface area contributed by atoms with E-state index in [1.165, 1.54) is 28.0 Å². The molecule has 0 aliphatic carbocycles. The summed E-state index contributed by atoms with van der Waals surface area (Å²) in [5.74, 6) is -1.03. The van der Waals surface area contributed by atoms with Gasteiger partial charge >= 0.3 is 5.97 Å². The third kappa shape index (κ3) is 2.45. The molecule has 0 aromatic carbocycles. The molecule has 110 valence electrons. The molecule has 0 spiro atoms. The Bertz CT molecular complexity index is 785. The van der Waals surface area contributed by atoms with Crippen LogP contribution in [0.25, 0.3) is 0 Å². The number of hydrogen-bond donors (Lipinski definition) is 1. The van der Waals surface area contributed by atoms with Crippen LogP contribution < -0.4 is 0 Å². The first-order valence-corrected chi connectivity index (χ1v) is 8.55. The Hall–Kier alpha value is -1.77. The number of nitrogens with zero attached hydrogens (tertiary/aromatic N) is 2. The highest BCUT2D eigenvalue weighted by atomic mass is 32.2. The Kier molecular flexibility index (Phi) is 3.52. The molecule has 1 N–H and O–H groups in total. The van der Waals surface area contributed by atoms with E-state index in [1.54, 1.807) is 17.5 Å². The SMILES string of the molecule is O=C(O)c1cncc2c1CCN(S(=O)(=O)c1cccs1)C2. The first-order valence-electron chi connectivity index (χ1n) is 6.23. The van der Waals surface area contributed by atoms with Gasteiger partial charge in [-0.15, -0.1) is 11.3 Å². The van der Waals surface area contributed by atoms with Crippen molar-refractivity contribution in [3.63, 3.8) is 0 Å². The van der Waals surface area contributed by atoms with Crippen LogP contribution in [0.4, 0.5) is 0 Å². The van der Waals surface area contributed by atoms with Crippen molar-refractivity contribution in [1.82, 2.24) is 9.29 Å². The molecule has 0 saturated heterocycles. The zero-order valence-corrected chi connectivity index (χ0v) is 12.5. The van der Waals surface area contributed by atoms with Crippen molar-refractivity contribution in [2.24, 2.45) is 0 Å². The number of hydrogen-bond acceptors (Lipinski definition) is 5. The van der Waals surface area contributed by atoms with Crippen LogP contribution in [0.15, 0.2) is 34.1 Å². The van der Waals surface area contributed by atoms with E-state index in [9.17, 15) is 13.2 Å². The highest BCUT2D eigenvalue weighted by Gasteiger charge is 2.30. The second-order valence-corrected chi connectivity index (χ2v) is 7.76. The van der Waals surface area contributed by atoms with Crippen LogP contribution in [0.2, 0.25) is 0 Å². The Morgan fingerprint density at radius 2 is 2.19 bits per heavy atom. The summed E-state index contributed by atoms with van der Waals surface area (Å²) in [5, 5.41) is 10.9. The Morgan fingerprint density at radius 3 is 2.86 bits per heavy atom.